The molecule has 0 amide bonds. The Labute approximate surface area is 151 Å². The van der Waals surface area contributed by atoms with Gasteiger partial charge in [-0.3, -0.25) is 0 Å². The predicted octanol–water partition coefficient (Wildman–Crippen LogP) is 2.80. The Morgan fingerprint density at radius 2 is 1.81 bits per heavy atom. The summed E-state index contributed by atoms with van der Waals surface area (Å²) in [6, 6.07) is 13.5. The molecule has 0 aliphatic carbocycles. The predicted molar refractivity (Wildman–Crippen MR) is 97.6 cm³/mol. The van der Waals surface area contributed by atoms with Gasteiger partial charge < -0.3 is 20.3 Å². The second-order valence-electron chi connectivity index (χ2n) is 6.08. The van der Waals surface area contributed by atoms with Gasteiger partial charge in [-0.1, -0.05) is 18.2 Å². The summed E-state index contributed by atoms with van der Waals surface area (Å²) in [5, 5.41) is 9.85. The number of nitrogens with two attached hydrogens (primary N) is 1. The van der Waals surface area contributed by atoms with Gasteiger partial charge in [-0.25, -0.2) is 9.97 Å². The minimum Gasteiger partial charge on any atom is -0.454 e. The molecule has 2 aromatic carbocycles. The van der Waals surface area contributed by atoms with E-state index < -0.39 is 0 Å². The summed E-state index contributed by atoms with van der Waals surface area (Å²) >= 11 is 0. The lowest BCUT2D eigenvalue weighted by atomic mass is 10.0. The molecule has 3 aromatic rings. The van der Waals surface area contributed by atoms with E-state index in [0.717, 1.165) is 28.1 Å². The maximum Gasteiger partial charge on any atom is 0.231 e. The fourth-order valence-electron chi connectivity index (χ4n) is 3.06. The first-order valence-corrected chi connectivity index (χ1v) is 8.37. The maximum atomic E-state index is 9.85. The monoisotopic (exact) mass is 349 g/mol. The third-order valence-corrected chi connectivity index (χ3v) is 4.37. The lowest BCUT2D eigenvalue weighted by Crippen LogP contribution is -2.04. The number of benzene rings is 2. The number of aliphatic hydroxyl groups is 1. The van der Waals surface area contributed by atoms with Crippen LogP contribution in [0.5, 0.6) is 11.5 Å². The van der Waals surface area contributed by atoms with Crippen molar-refractivity contribution >= 4 is 0 Å². The normalized spacial score (nSPS) is 12.4. The molecular formula is C20H19N3O3. The van der Waals surface area contributed by atoms with Crippen molar-refractivity contribution in [3.8, 4) is 34.0 Å². The first-order valence-electron chi connectivity index (χ1n) is 8.37. The summed E-state index contributed by atoms with van der Waals surface area (Å²) in [6.07, 6.45) is 0. The molecule has 6 nitrogen and oxygen atoms in total. The van der Waals surface area contributed by atoms with Crippen molar-refractivity contribution in [2.45, 2.75) is 20.1 Å². The number of aryl methyl sites for hydroxylation is 1. The van der Waals surface area contributed by atoms with Gasteiger partial charge in [0.05, 0.1) is 29.4 Å². The molecule has 0 saturated carbocycles. The molecule has 132 valence electrons. The van der Waals surface area contributed by atoms with Crippen LogP contribution in [0.2, 0.25) is 0 Å². The van der Waals surface area contributed by atoms with Crippen molar-refractivity contribution in [1.29, 1.82) is 0 Å². The minimum absolute atomic E-state index is 0.201. The lowest BCUT2D eigenvalue weighted by molar-refractivity contribution is 0.174. The average Bonchev–Trinajstić information content (AvgIpc) is 3.15. The maximum absolute atomic E-state index is 9.85. The summed E-state index contributed by atoms with van der Waals surface area (Å²) in [5.74, 6) is 1.41. The van der Waals surface area contributed by atoms with Crippen LogP contribution in [0.25, 0.3) is 22.5 Å². The van der Waals surface area contributed by atoms with E-state index in [0.29, 0.717) is 29.4 Å². The molecule has 1 aromatic heterocycles. The van der Waals surface area contributed by atoms with E-state index in [1.165, 1.54) is 0 Å². The van der Waals surface area contributed by atoms with Crippen molar-refractivity contribution < 1.29 is 14.6 Å². The highest BCUT2D eigenvalue weighted by atomic mass is 16.7. The summed E-state index contributed by atoms with van der Waals surface area (Å²) in [6.45, 7) is 2.38. The van der Waals surface area contributed by atoms with Gasteiger partial charge >= 0.3 is 0 Å². The molecule has 0 saturated heterocycles. The molecular weight excluding hydrogens is 330 g/mol. The third kappa shape index (κ3) is 2.89. The van der Waals surface area contributed by atoms with E-state index in [1.54, 1.807) is 0 Å². The molecule has 4 rings (SSSR count). The van der Waals surface area contributed by atoms with Crippen LogP contribution in [0.3, 0.4) is 0 Å². The second-order valence-corrected chi connectivity index (χ2v) is 6.08. The van der Waals surface area contributed by atoms with Crippen LogP contribution in [0.4, 0.5) is 0 Å². The molecule has 0 atom stereocenters. The Kier molecular flexibility index (Phi) is 4.28. The highest BCUT2D eigenvalue weighted by molar-refractivity contribution is 5.70. The van der Waals surface area contributed by atoms with E-state index in [2.05, 4.69) is 4.98 Å². The standard InChI is InChI=1S/C20H19N3O3/c1-12-19(15-5-6-17-18(8-15)26-11-25-17)23-16(10-24)20(22-12)14-4-2-3-13(7-14)9-21/h2-8,24H,9-11,21H2,1H3. The van der Waals surface area contributed by atoms with Crippen molar-refractivity contribution in [2.24, 2.45) is 5.73 Å². The van der Waals surface area contributed by atoms with Crippen LogP contribution in [0.15, 0.2) is 42.5 Å². The molecule has 0 fully saturated rings. The van der Waals surface area contributed by atoms with Crippen LogP contribution in [-0.2, 0) is 13.2 Å². The Hall–Kier alpha value is -2.96. The second kappa shape index (κ2) is 6.74. The topological polar surface area (TPSA) is 90.5 Å². The Morgan fingerprint density at radius 3 is 2.62 bits per heavy atom. The molecule has 3 N–H and O–H groups in total. The number of rotatable bonds is 4. The van der Waals surface area contributed by atoms with Gasteiger partial charge in [0, 0.05) is 17.7 Å². The van der Waals surface area contributed by atoms with Gasteiger partial charge in [0.1, 0.15) is 0 Å². The van der Waals surface area contributed by atoms with E-state index in [9.17, 15) is 5.11 Å². The highest BCUT2D eigenvalue weighted by Gasteiger charge is 2.18. The number of nitrogens with zero attached hydrogens (tertiary/aromatic N) is 2. The van der Waals surface area contributed by atoms with Crippen molar-refractivity contribution in [1.82, 2.24) is 9.97 Å². The molecule has 26 heavy (non-hydrogen) atoms. The van der Waals surface area contributed by atoms with Gasteiger partial charge in [0.25, 0.3) is 0 Å². The summed E-state index contributed by atoms with van der Waals surface area (Å²) in [5.41, 5.74) is 11.2. The molecule has 0 spiro atoms. The first kappa shape index (κ1) is 16.5. The van der Waals surface area contributed by atoms with Gasteiger partial charge in [0.2, 0.25) is 6.79 Å². The number of ether oxygens (including phenoxy) is 2. The summed E-state index contributed by atoms with van der Waals surface area (Å²) < 4.78 is 10.8. The zero-order valence-electron chi connectivity index (χ0n) is 14.4. The summed E-state index contributed by atoms with van der Waals surface area (Å²) in [7, 11) is 0. The smallest absolute Gasteiger partial charge is 0.231 e. The number of aliphatic hydroxyl groups excluding tert-OH is 1. The van der Waals surface area contributed by atoms with E-state index in [4.69, 9.17) is 20.2 Å². The van der Waals surface area contributed by atoms with Gasteiger partial charge in [-0.15, -0.1) is 0 Å². The molecule has 6 heteroatoms. The number of aromatic nitrogens is 2. The van der Waals surface area contributed by atoms with Crippen LogP contribution in [0, 0.1) is 6.92 Å². The van der Waals surface area contributed by atoms with Crippen molar-refractivity contribution in [2.75, 3.05) is 6.79 Å². The van der Waals surface area contributed by atoms with Crippen LogP contribution in [0.1, 0.15) is 17.0 Å². The largest absolute Gasteiger partial charge is 0.454 e. The zero-order chi connectivity index (χ0) is 18.1. The molecule has 0 unspecified atom stereocenters. The third-order valence-electron chi connectivity index (χ3n) is 4.37. The molecule has 1 aliphatic heterocycles. The van der Waals surface area contributed by atoms with Gasteiger partial charge in [-0.2, -0.15) is 0 Å². The van der Waals surface area contributed by atoms with E-state index >= 15 is 0 Å². The number of hydrogen-bond acceptors (Lipinski definition) is 6. The Balaban J connectivity index is 1.81. The van der Waals surface area contributed by atoms with Gasteiger partial charge in [-0.05, 0) is 36.8 Å². The lowest BCUT2D eigenvalue weighted by Gasteiger charge is -2.13. The SMILES string of the molecule is Cc1nc(-c2cccc(CN)c2)c(CO)nc1-c1ccc2c(c1)OCO2. The Bertz CT molecular complexity index is 973. The van der Waals surface area contributed by atoms with Crippen molar-refractivity contribution in [3.05, 3.63) is 59.4 Å². The van der Waals surface area contributed by atoms with E-state index in [-0.39, 0.29) is 13.4 Å². The summed E-state index contributed by atoms with van der Waals surface area (Å²) in [4.78, 5) is 9.40. The number of fused-ring (bicyclic) bond motifs is 1. The minimum atomic E-state index is -0.201. The number of hydrogen-bond donors (Lipinski definition) is 2. The van der Waals surface area contributed by atoms with Crippen molar-refractivity contribution in [3.63, 3.8) is 0 Å². The first-order chi connectivity index (χ1) is 12.7. The average molecular weight is 349 g/mol. The van der Waals surface area contributed by atoms with Gasteiger partial charge in [0.15, 0.2) is 11.5 Å². The highest BCUT2D eigenvalue weighted by Crippen LogP contribution is 2.36. The Morgan fingerprint density at radius 1 is 1.00 bits per heavy atom. The van der Waals surface area contributed by atoms with Crippen LogP contribution < -0.4 is 15.2 Å². The fourth-order valence-corrected chi connectivity index (χ4v) is 3.06. The van der Waals surface area contributed by atoms with Crippen LogP contribution in [-0.4, -0.2) is 21.9 Å². The molecule has 2 heterocycles. The molecule has 1 aliphatic rings. The molecule has 0 bridgehead atoms. The quantitative estimate of drug-likeness (QED) is 0.753. The van der Waals surface area contributed by atoms with Crippen LogP contribution >= 0.6 is 0 Å². The van der Waals surface area contributed by atoms with E-state index in [1.807, 2.05) is 49.4 Å². The molecule has 0 radical (unpaired) electrons. The fraction of sp³-hybridized carbons (Fsp3) is 0.200. The zero-order valence-corrected chi connectivity index (χ0v) is 14.4.